The highest BCUT2D eigenvalue weighted by atomic mass is 19.1. The molecular weight excluding hydrogens is 555 g/mol. The Balaban J connectivity index is 1.54. The summed E-state index contributed by atoms with van der Waals surface area (Å²) in [6.07, 6.45) is 1.20. The molecule has 4 aliphatic heterocycles. The number of urea groups is 1. The first kappa shape index (κ1) is 32.6. The first-order valence-electron chi connectivity index (χ1n) is 16.3. The number of carbonyl (C=O) groups excluding carboxylic acids is 2. The predicted octanol–water partition coefficient (Wildman–Crippen LogP) is 1.09. The molecule has 0 aromatic rings. The van der Waals surface area contributed by atoms with Gasteiger partial charge in [-0.15, -0.1) is 0 Å². The van der Waals surface area contributed by atoms with E-state index in [1.165, 1.54) is 6.08 Å². The van der Waals surface area contributed by atoms with Crippen LogP contribution in [0.4, 0.5) is 9.18 Å². The third kappa shape index (κ3) is 6.60. The maximum atomic E-state index is 15.9. The van der Waals surface area contributed by atoms with Crippen molar-refractivity contribution >= 4 is 11.9 Å². The second kappa shape index (κ2) is 14.1. The number of hydrogen-bond acceptors (Lipinski definition) is 8. The lowest BCUT2D eigenvalue weighted by molar-refractivity contribution is -0.154. The van der Waals surface area contributed by atoms with Gasteiger partial charge in [0, 0.05) is 50.0 Å². The number of ether oxygens (including phenoxy) is 2. The molecule has 2 bridgehead atoms. The number of halogens is 1. The first-order chi connectivity index (χ1) is 20.7. The van der Waals surface area contributed by atoms with Crippen molar-refractivity contribution in [2.45, 2.75) is 108 Å². The second-order valence-electron chi connectivity index (χ2n) is 13.6. The molecule has 5 aliphatic rings. The maximum Gasteiger partial charge on any atom is 0.320 e. The molecule has 0 aromatic heterocycles. The molecule has 11 nitrogen and oxygen atoms in total. The lowest BCUT2D eigenvalue weighted by atomic mass is 9.69. The van der Waals surface area contributed by atoms with E-state index in [2.05, 4.69) is 53.9 Å². The third-order valence-electron chi connectivity index (χ3n) is 10.7. The fourth-order valence-corrected chi connectivity index (χ4v) is 8.79. The fourth-order valence-electron chi connectivity index (χ4n) is 8.79. The number of nitrogens with one attached hydrogen (secondary N) is 5. The van der Waals surface area contributed by atoms with E-state index in [4.69, 9.17) is 9.47 Å². The standard InChI is InChI=1S/C31H53FN6O5/c1-6-23(40)33-12-13-35-29-19-14-17(4)26-24-20(32)8-7-9-22(24)43-15-21(39)28(42-5)18-10-11-34-25(16(2)3)27(18)38(30(19)36-26)31(41)37-29/h6,16-22,24-30,34-36,39H,1,7-15H2,2-5H3,(H,33,40)(H,37,41). The minimum absolute atomic E-state index is 0.0238. The van der Waals surface area contributed by atoms with Crippen molar-refractivity contribution in [2.24, 2.45) is 29.6 Å². The summed E-state index contributed by atoms with van der Waals surface area (Å²) in [5.41, 5.74) is 0. The molecule has 6 N–H and O–H groups in total. The largest absolute Gasteiger partial charge is 0.388 e. The zero-order valence-electron chi connectivity index (χ0n) is 26.1. The van der Waals surface area contributed by atoms with Crippen molar-refractivity contribution in [1.29, 1.82) is 0 Å². The number of aliphatic hydroxyl groups is 1. The number of carbonyl (C=O) groups is 2. The molecule has 0 aromatic carbocycles. The molecule has 0 radical (unpaired) electrons. The number of rotatable bonds is 7. The van der Waals surface area contributed by atoms with Crippen LogP contribution in [0.3, 0.4) is 0 Å². The maximum absolute atomic E-state index is 15.9. The molecule has 4 heterocycles. The van der Waals surface area contributed by atoms with E-state index < -0.39 is 18.4 Å². The third-order valence-corrected chi connectivity index (χ3v) is 10.7. The van der Waals surface area contributed by atoms with Crippen molar-refractivity contribution in [2.75, 3.05) is 33.4 Å². The van der Waals surface area contributed by atoms with Crippen molar-refractivity contribution < 1.29 is 28.6 Å². The number of nitrogens with zero attached hydrogens (tertiary/aromatic N) is 1. The number of piperidine rings is 2. The van der Waals surface area contributed by atoms with E-state index in [1.807, 2.05) is 4.90 Å². The lowest BCUT2D eigenvalue weighted by Gasteiger charge is -2.59. The Morgan fingerprint density at radius 1 is 1.28 bits per heavy atom. The van der Waals surface area contributed by atoms with Crippen molar-refractivity contribution in [1.82, 2.24) is 31.5 Å². The fraction of sp³-hybridized carbons (Fsp3) is 0.871. The van der Waals surface area contributed by atoms with Crippen LogP contribution in [0.2, 0.25) is 0 Å². The van der Waals surface area contributed by atoms with Crippen LogP contribution in [0.25, 0.3) is 0 Å². The van der Waals surface area contributed by atoms with Crippen LogP contribution in [-0.2, 0) is 14.3 Å². The first-order valence-corrected chi connectivity index (χ1v) is 16.3. The summed E-state index contributed by atoms with van der Waals surface area (Å²) in [5, 5.41) is 28.5. The number of alkyl halides is 1. The molecule has 5 rings (SSSR count). The van der Waals surface area contributed by atoms with Gasteiger partial charge in [-0.2, -0.15) is 0 Å². The van der Waals surface area contributed by atoms with E-state index in [0.29, 0.717) is 19.5 Å². The zero-order chi connectivity index (χ0) is 30.8. The van der Waals surface area contributed by atoms with Gasteiger partial charge in [-0.1, -0.05) is 27.4 Å². The summed E-state index contributed by atoms with van der Waals surface area (Å²) in [6.45, 7) is 11.7. The smallest absolute Gasteiger partial charge is 0.320 e. The topological polar surface area (TPSA) is 136 Å². The van der Waals surface area contributed by atoms with E-state index in [-0.39, 0.29) is 84.7 Å². The molecule has 1 aliphatic carbocycles. The molecular formula is C31H53FN6O5. The van der Waals surface area contributed by atoms with Gasteiger partial charge >= 0.3 is 6.03 Å². The zero-order valence-corrected chi connectivity index (χ0v) is 26.1. The minimum atomic E-state index is -1.03. The quantitative estimate of drug-likeness (QED) is 0.187. The molecule has 4 saturated heterocycles. The van der Waals surface area contributed by atoms with Crippen LogP contribution in [0.1, 0.15) is 52.9 Å². The van der Waals surface area contributed by atoms with Crippen LogP contribution < -0.4 is 26.6 Å². The van der Waals surface area contributed by atoms with Gasteiger partial charge in [0.1, 0.15) is 12.3 Å². The van der Waals surface area contributed by atoms with E-state index in [1.54, 1.807) is 7.11 Å². The van der Waals surface area contributed by atoms with E-state index in [0.717, 1.165) is 32.2 Å². The minimum Gasteiger partial charge on any atom is -0.388 e. The Hall–Kier alpha value is -1.83. The summed E-state index contributed by atoms with van der Waals surface area (Å²) in [6, 6.07) is -0.704. The summed E-state index contributed by atoms with van der Waals surface area (Å²) in [5.74, 6) is -0.465. The van der Waals surface area contributed by atoms with Gasteiger partial charge in [-0.3, -0.25) is 15.4 Å². The van der Waals surface area contributed by atoms with Crippen LogP contribution in [0.5, 0.6) is 0 Å². The van der Waals surface area contributed by atoms with Crippen molar-refractivity contribution in [3.05, 3.63) is 12.7 Å². The van der Waals surface area contributed by atoms with Gasteiger partial charge in [-0.05, 0) is 56.6 Å². The molecule has 5 fully saturated rings. The van der Waals surface area contributed by atoms with Crippen molar-refractivity contribution in [3.63, 3.8) is 0 Å². The number of methoxy groups -OCH3 is 1. The van der Waals surface area contributed by atoms with Crippen LogP contribution >= 0.6 is 0 Å². The number of hydrogen-bond donors (Lipinski definition) is 6. The summed E-state index contributed by atoms with van der Waals surface area (Å²) < 4.78 is 28.3. The molecule has 244 valence electrons. The van der Waals surface area contributed by atoms with Gasteiger partial charge in [0.05, 0.1) is 37.2 Å². The predicted molar refractivity (Wildman–Crippen MR) is 161 cm³/mol. The van der Waals surface area contributed by atoms with Crippen LogP contribution in [-0.4, -0.2) is 110 Å². The Kier molecular flexibility index (Phi) is 10.7. The molecule has 43 heavy (non-hydrogen) atoms. The Bertz CT molecular complexity index is 990. The van der Waals surface area contributed by atoms with E-state index >= 15 is 4.39 Å². The Morgan fingerprint density at radius 2 is 2.07 bits per heavy atom. The van der Waals surface area contributed by atoms with Gasteiger partial charge in [0.25, 0.3) is 0 Å². The van der Waals surface area contributed by atoms with Crippen LogP contribution in [0.15, 0.2) is 12.7 Å². The van der Waals surface area contributed by atoms with Gasteiger partial charge in [0.2, 0.25) is 5.91 Å². The molecule has 13 atom stereocenters. The highest BCUT2D eigenvalue weighted by Crippen LogP contribution is 2.43. The van der Waals surface area contributed by atoms with Crippen molar-refractivity contribution in [3.8, 4) is 0 Å². The van der Waals surface area contributed by atoms with Crippen LogP contribution in [0, 0.1) is 29.6 Å². The SMILES string of the molecule is C=CC(=O)NCCNC1NC(=O)N2C3NC(C(C)CC13)C1C(F)CCCC1OCC(O)C(OC)C1CCNC(C(C)C)C12. The average Bonchev–Trinajstić information content (AvgIpc) is 2.98. The molecule has 1 saturated carbocycles. The van der Waals surface area contributed by atoms with Gasteiger partial charge in [-0.25, -0.2) is 9.18 Å². The average molecular weight is 609 g/mol. The normalized spacial score (nSPS) is 43.4. The summed E-state index contributed by atoms with van der Waals surface area (Å²) in [4.78, 5) is 27.9. The molecule has 3 amide bonds. The lowest BCUT2D eigenvalue weighted by Crippen LogP contribution is -2.79. The Morgan fingerprint density at radius 3 is 2.79 bits per heavy atom. The number of aliphatic hydroxyl groups excluding tert-OH is 1. The van der Waals surface area contributed by atoms with Gasteiger partial charge < -0.3 is 35.4 Å². The molecule has 13 unspecified atom stereocenters. The monoisotopic (exact) mass is 608 g/mol. The highest BCUT2D eigenvalue weighted by molar-refractivity contribution is 5.86. The number of fused-ring (bicyclic) bond motifs is 5. The second-order valence-corrected chi connectivity index (χ2v) is 13.6. The highest BCUT2D eigenvalue weighted by Gasteiger charge is 2.56. The van der Waals surface area contributed by atoms with Gasteiger partial charge in [0.15, 0.2) is 0 Å². The Labute approximate surface area is 255 Å². The van der Waals surface area contributed by atoms with E-state index in [9.17, 15) is 14.7 Å². The summed E-state index contributed by atoms with van der Waals surface area (Å²) in [7, 11) is 1.62. The summed E-state index contributed by atoms with van der Waals surface area (Å²) >= 11 is 0. The molecule has 12 heteroatoms. The number of amides is 3. The molecule has 0 spiro atoms.